The maximum atomic E-state index is 3.38. The summed E-state index contributed by atoms with van der Waals surface area (Å²) in [6.45, 7) is 0. The van der Waals surface area contributed by atoms with Crippen LogP contribution in [0.15, 0.2) is 212 Å². The Morgan fingerprint density at radius 3 is 0.690 bits per heavy atom. The van der Waals surface area contributed by atoms with E-state index in [1.807, 2.05) is 0 Å². The van der Waals surface area contributed by atoms with Crippen LogP contribution >= 0.6 is 0 Å². The first kappa shape index (κ1) is 32.4. The molecule has 0 saturated heterocycles. The number of para-hydroxylation sites is 8. The Kier molecular flexibility index (Phi) is 7.20. The van der Waals surface area contributed by atoms with E-state index in [0.29, 0.717) is 0 Å². The van der Waals surface area contributed by atoms with E-state index in [4.69, 9.17) is 0 Å². The molecular formula is C54H36N4. The molecule has 0 amide bonds. The highest BCUT2D eigenvalue weighted by atomic mass is 15.0. The van der Waals surface area contributed by atoms with Crippen LogP contribution in [-0.4, -0.2) is 18.7 Å². The third-order valence-corrected chi connectivity index (χ3v) is 11.8. The zero-order valence-corrected chi connectivity index (χ0v) is 31.5. The van der Waals surface area contributed by atoms with Gasteiger partial charge in [-0.1, -0.05) is 146 Å². The van der Waals surface area contributed by atoms with Crippen molar-refractivity contribution in [3.05, 3.63) is 212 Å². The van der Waals surface area contributed by atoms with Gasteiger partial charge in [0.1, 0.15) is 0 Å². The quantitative estimate of drug-likeness (QED) is 0.187. The minimum atomic E-state index is 1.13. The number of H-pyrrole nitrogens is 1. The van der Waals surface area contributed by atoms with Gasteiger partial charge in [-0.05, 0) is 66.7 Å². The molecule has 0 atom stereocenters. The van der Waals surface area contributed by atoms with Crippen molar-refractivity contribution in [3.8, 4) is 17.1 Å². The van der Waals surface area contributed by atoms with Crippen LogP contribution in [0.2, 0.25) is 0 Å². The predicted octanol–water partition coefficient (Wildman–Crippen LogP) is 14.3. The topological polar surface area (TPSA) is 30.6 Å². The summed E-state index contributed by atoms with van der Waals surface area (Å²) in [5, 5.41) is 10.2. The lowest BCUT2D eigenvalue weighted by atomic mass is 10.2. The van der Waals surface area contributed by atoms with E-state index in [9.17, 15) is 0 Å². The fourth-order valence-electron chi connectivity index (χ4n) is 9.37. The Balaban J connectivity index is 0.000000238. The fourth-order valence-corrected chi connectivity index (χ4v) is 9.37. The molecule has 0 aliphatic heterocycles. The molecule has 0 bridgehead atoms. The number of hydrogen-bond acceptors (Lipinski definition) is 0. The van der Waals surface area contributed by atoms with Gasteiger partial charge >= 0.3 is 0 Å². The molecule has 4 heteroatoms. The number of aromatic nitrogens is 4. The summed E-state index contributed by atoms with van der Waals surface area (Å²) in [4.78, 5) is 3.38. The number of nitrogens with one attached hydrogen (secondary N) is 1. The van der Waals surface area contributed by atoms with Gasteiger partial charge in [-0.15, -0.1) is 0 Å². The fraction of sp³-hybridized carbons (Fsp3) is 0. The molecule has 0 spiro atoms. The lowest BCUT2D eigenvalue weighted by Crippen LogP contribution is -2.03. The second kappa shape index (κ2) is 12.9. The van der Waals surface area contributed by atoms with Crippen molar-refractivity contribution < 1.29 is 0 Å². The molecule has 9 aromatic carbocycles. The molecule has 0 fully saturated rings. The van der Waals surface area contributed by atoms with Crippen LogP contribution in [0.1, 0.15) is 0 Å². The smallest absolute Gasteiger partial charge is 0.0541 e. The molecular weight excluding hydrogens is 705 g/mol. The summed E-state index contributed by atoms with van der Waals surface area (Å²) in [6, 6.07) is 76.3. The van der Waals surface area contributed by atoms with Gasteiger partial charge in [0.25, 0.3) is 0 Å². The van der Waals surface area contributed by atoms with E-state index < -0.39 is 0 Å². The van der Waals surface area contributed by atoms with Crippen LogP contribution < -0.4 is 0 Å². The number of hydrogen-bond donors (Lipinski definition) is 1. The molecule has 272 valence electrons. The van der Waals surface area contributed by atoms with Gasteiger partial charge in [0.05, 0.1) is 50.2 Å². The molecule has 1 N–H and O–H groups in total. The molecule has 58 heavy (non-hydrogen) atoms. The highest BCUT2D eigenvalue weighted by Gasteiger charge is 2.19. The minimum Gasteiger partial charge on any atom is -0.355 e. The van der Waals surface area contributed by atoms with Crippen molar-refractivity contribution in [2.24, 2.45) is 0 Å². The molecule has 13 rings (SSSR count). The Bertz CT molecular complexity index is 3180. The molecule has 4 aromatic heterocycles. The molecule has 0 aliphatic carbocycles. The van der Waals surface area contributed by atoms with Crippen molar-refractivity contribution in [2.45, 2.75) is 0 Å². The SMILES string of the molecule is c1ccc2c(c1)[nH]c1ccccc12.c1ccc2c(c1)c1ccccc1n2-c1cc(-n2c3ccccc3c3ccccc32)cc(-n2c3ccccc3c3ccccc32)c1. The van der Waals surface area contributed by atoms with Crippen LogP contribution in [0.5, 0.6) is 0 Å². The van der Waals surface area contributed by atoms with Crippen molar-refractivity contribution in [2.75, 3.05) is 0 Å². The summed E-state index contributed by atoms with van der Waals surface area (Å²) in [6.07, 6.45) is 0. The Morgan fingerprint density at radius 2 is 0.431 bits per heavy atom. The van der Waals surface area contributed by atoms with Crippen LogP contribution in [-0.2, 0) is 0 Å². The Labute approximate surface area is 334 Å². The lowest BCUT2D eigenvalue weighted by molar-refractivity contribution is 1.10. The molecule has 4 nitrogen and oxygen atoms in total. The summed E-state index contributed by atoms with van der Waals surface area (Å²) in [5.41, 5.74) is 13.0. The molecule has 0 radical (unpaired) electrons. The van der Waals surface area contributed by atoms with Gasteiger partial charge in [-0.3, -0.25) is 0 Å². The third kappa shape index (κ3) is 4.88. The third-order valence-electron chi connectivity index (χ3n) is 11.8. The summed E-state index contributed by atoms with van der Waals surface area (Å²) in [5.74, 6) is 0. The standard InChI is InChI=1S/C42H27N3.C12H9N/c1-7-19-37-31(13-1)32-14-2-8-20-38(32)43(37)28-25-29(44-39-21-9-3-15-33(39)34-16-4-10-22-40(34)44)27-30(26-28)45-41-23-11-5-17-35(41)36-18-6-12-24-42(36)45;1-3-7-11-9(5-1)10-6-2-4-8-12(10)13-11/h1-27H;1-8,13H. The number of aromatic amines is 1. The molecule has 0 aliphatic rings. The highest BCUT2D eigenvalue weighted by Crippen LogP contribution is 2.39. The molecule has 13 aromatic rings. The van der Waals surface area contributed by atoms with Crippen molar-refractivity contribution in [3.63, 3.8) is 0 Å². The molecule has 0 saturated carbocycles. The maximum Gasteiger partial charge on any atom is 0.0541 e. The normalized spacial score (nSPS) is 11.8. The largest absolute Gasteiger partial charge is 0.355 e. The first-order chi connectivity index (χ1) is 28.8. The molecule has 4 heterocycles. The first-order valence-electron chi connectivity index (χ1n) is 19.9. The maximum absolute atomic E-state index is 3.38. The number of rotatable bonds is 3. The van der Waals surface area contributed by atoms with Crippen LogP contribution in [0, 0.1) is 0 Å². The zero-order chi connectivity index (χ0) is 38.2. The van der Waals surface area contributed by atoms with E-state index in [1.165, 1.54) is 87.2 Å². The van der Waals surface area contributed by atoms with Crippen molar-refractivity contribution >= 4 is 87.2 Å². The van der Waals surface area contributed by atoms with Gasteiger partial charge in [0, 0.05) is 54.1 Å². The van der Waals surface area contributed by atoms with Gasteiger partial charge in [0.15, 0.2) is 0 Å². The Morgan fingerprint density at radius 1 is 0.224 bits per heavy atom. The van der Waals surface area contributed by atoms with E-state index >= 15 is 0 Å². The highest BCUT2D eigenvalue weighted by molar-refractivity contribution is 6.12. The van der Waals surface area contributed by atoms with E-state index in [0.717, 1.165) is 17.1 Å². The number of benzene rings is 9. The number of fused-ring (bicyclic) bond motifs is 12. The van der Waals surface area contributed by atoms with Gasteiger partial charge < -0.3 is 18.7 Å². The minimum absolute atomic E-state index is 1.13. The second-order valence-corrected chi connectivity index (χ2v) is 15.0. The van der Waals surface area contributed by atoms with Crippen molar-refractivity contribution in [1.82, 2.24) is 18.7 Å². The van der Waals surface area contributed by atoms with Gasteiger partial charge in [0.2, 0.25) is 0 Å². The van der Waals surface area contributed by atoms with Crippen LogP contribution in [0.25, 0.3) is 104 Å². The molecule has 0 unspecified atom stereocenters. The summed E-state index contributed by atoms with van der Waals surface area (Å²) < 4.78 is 7.29. The first-order valence-corrected chi connectivity index (χ1v) is 19.9. The van der Waals surface area contributed by atoms with E-state index in [1.54, 1.807) is 0 Å². The zero-order valence-electron chi connectivity index (χ0n) is 31.5. The lowest BCUT2D eigenvalue weighted by Gasteiger charge is -2.17. The monoisotopic (exact) mass is 740 g/mol. The van der Waals surface area contributed by atoms with Crippen LogP contribution in [0.4, 0.5) is 0 Å². The Hall–Kier alpha value is -7.82. The van der Waals surface area contributed by atoms with Gasteiger partial charge in [-0.2, -0.15) is 0 Å². The van der Waals surface area contributed by atoms with E-state index in [2.05, 4.69) is 231 Å². The average molecular weight is 741 g/mol. The predicted molar refractivity (Wildman–Crippen MR) is 245 cm³/mol. The second-order valence-electron chi connectivity index (χ2n) is 15.0. The van der Waals surface area contributed by atoms with Crippen molar-refractivity contribution in [1.29, 1.82) is 0 Å². The van der Waals surface area contributed by atoms with Crippen LogP contribution in [0.3, 0.4) is 0 Å². The average Bonchev–Trinajstić information content (AvgIpc) is 4.03. The summed E-state index contributed by atoms with van der Waals surface area (Å²) >= 11 is 0. The summed E-state index contributed by atoms with van der Waals surface area (Å²) in [7, 11) is 0. The van der Waals surface area contributed by atoms with E-state index in [-0.39, 0.29) is 0 Å². The number of nitrogens with zero attached hydrogens (tertiary/aromatic N) is 3. The van der Waals surface area contributed by atoms with Gasteiger partial charge in [-0.25, -0.2) is 0 Å².